The lowest BCUT2D eigenvalue weighted by Crippen LogP contribution is -2.19. The second kappa shape index (κ2) is 10.1. The number of rotatable bonds is 6. The Morgan fingerprint density at radius 3 is 2.54 bits per heavy atom. The zero-order chi connectivity index (χ0) is 18.9. The zero-order valence-electron chi connectivity index (χ0n) is 14.4. The number of benzene rings is 2. The van der Waals surface area contributed by atoms with Crippen molar-refractivity contribution in [3.63, 3.8) is 0 Å². The van der Waals surface area contributed by atoms with Crippen LogP contribution in [0.3, 0.4) is 0 Å². The van der Waals surface area contributed by atoms with Crippen LogP contribution in [0.1, 0.15) is 42.1 Å². The topological polar surface area (TPSA) is 61.4 Å². The standard InChI is InChI=1S/C20H20Cl2N2O2/c1-2-17(23-18-11-8-15(9-12-18)20(25)24-26)6-4-3-5-14-7-10-16(21)13-19(14)22/h7-13,17,23,26H,2,4,6H2,1H3,(H,24,25). The first-order chi connectivity index (χ1) is 12.5. The number of carbonyl (C=O) groups excluding carboxylic acids is 1. The molecule has 0 fully saturated rings. The predicted octanol–water partition coefficient (Wildman–Crippen LogP) is 5.13. The van der Waals surface area contributed by atoms with E-state index >= 15 is 0 Å². The summed E-state index contributed by atoms with van der Waals surface area (Å²) < 4.78 is 0. The molecule has 0 aliphatic rings. The summed E-state index contributed by atoms with van der Waals surface area (Å²) in [6.07, 6.45) is 2.56. The lowest BCUT2D eigenvalue weighted by Gasteiger charge is -2.17. The minimum absolute atomic E-state index is 0.266. The molecule has 4 nitrogen and oxygen atoms in total. The Kier molecular flexibility index (Phi) is 7.80. The number of halogens is 2. The number of nitrogens with one attached hydrogen (secondary N) is 2. The highest BCUT2D eigenvalue weighted by atomic mass is 35.5. The monoisotopic (exact) mass is 390 g/mol. The Balaban J connectivity index is 1.90. The highest BCUT2D eigenvalue weighted by Crippen LogP contribution is 2.20. The van der Waals surface area contributed by atoms with Gasteiger partial charge in [0.2, 0.25) is 0 Å². The molecule has 0 saturated carbocycles. The van der Waals surface area contributed by atoms with Crippen molar-refractivity contribution < 1.29 is 10.0 Å². The highest BCUT2D eigenvalue weighted by molar-refractivity contribution is 6.35. The van der Waals surface area contributed by atoms with Crippen molar-refractivity contribution in [1.82, 2.24) is 5.48 Å². The number of hydroxylamine groups is 1. The van der Waals surface area contributed by atoms with Crippen molar-refractivity contribution in [3.8, 4) is 11.8 Å². The summed E-state index contributed by atoms with van der Waals surface area (Å²) in [7, 11) is 0. The Morgan fingerprint density at radius 1 is 1.19 bits per heavy atom. The molecular weight excluding hydrogens is 371 g/mol. The smallest absolute Gasteiger partial charge is 0.274 e. The molecule has 6 heteroatoms. The Hall–Kier alpha value is -2.19. The van der Waals surface area contributed by atoms with Crippen LogP contribution in [-0.2, 0) is 0 Å². The van der Waals surface area contributed by atoms with Crippen molar-refractivity contribution in [2.24, 2.45) is 0 Å². The fraction of sp³-hybridized carbons (Fsp3) is 0.250. The molecular formula is C20H20Cl2N2O2. The van der Waals surface area contributed by atoms with Gasteiger partial charge in [0, 0.05) is 34.3 Å². The Morgan fingerprint density at radius 2 is 1.92 bits per heavy atom. The van der Waals surface area contributed by atoms with Gasteiger partial charge in [-0.1, -0.05) is 42.0 Å². The largest absolute Gasteiger partial charge is 0.382 e. The van der Waals surface area contributed by atoms with Gasteiger partial charge >= 0.3 is 0 Å². The van der Waals surface area contributed by atoms with Crippen LogP contribution in [-0.4, -0.2) is 17.2 Å². The highest BCUT2D eigenvalue weighted by Gasteiger charge is 2.07. The van der Waals surface area contributed by atoms with Gasteiger partial charge in [0.15, 0.2) is 0 Å². The predicted molar refractivity (Wildman–Crippen MR) is 106 cm³/mol. The molecule has 1 amide bonds. The van der Waals surface area contributed by atoms with Crippen molar-refractivity contribution in [1.29, 1.82) is 0 Å². The van der Waals surface area contributed by atoms with Crippen LogP contribution in [0.25, 0.3) is 0 Å². The molecule has 0 heterocycles. The van der Waals surface area contributed by atoms with E-state index < -0.39 is 5.91 Å². The van der Waals surface area contributed by atoms with Gasteiger partial charge in [0.25, 0.3) is 5.91 Å². The van der Waals surface area contributed by atoms with Crippen molar-refractivity contribution >= 4 is 34.8 Å². The molecule has 0 aliphatic heterocycles. The van der Waals surface area contributed by atoms with Crippen LogP contribution < -0.4 is 10.8 Å². The fourth-order valence-electron chi connectivity index (χ4n) is 2.39. The molecule has 2 aromatic rings. The molecule has 3 N–H and O–H groups in total. The minimum atomic E-state index is -0.528. The quantitative estimate of drug-likeness (QED) is 0.363. The average Bonchev–Trinajstić information content (AvgIpc) is 2.65. The number of carbonyl (C=O) groups is 1. The van der Waals surface area contributed by atoms with Gasteiger partial charge in [-0.05, 0) is 55.3 Å². The molecule has 1 unspecified atom stereocenters. The van der Waals surface area contributed by atoms with Crippen molar-refractivity contribution in [2.45, 2.75) is 32.2 Å². The van der Waals surface area contributed by atoms with Gasteiger partial charge in [-0.3, -0.25) is 10.0 Å². The first-order valence-corrected chi connectivity index (χ1v) is 9.04. The molecule has 26 heavy (non-hydrogen) atoms. The molecule has 2 rings (SSSR count). The first-order valence-electron chi connectivity index (χ1n) is 8.28. The summed E-state index contributed by atoms with van der Waals surface area (Å²) in [4.78, 5) is 11.3. The van der Waals surface area contributed by atoms with Crippen LogP contribution in [0.2, 0.25) is 10.0 Å². The van der Waals surface area contributed by atoms with E-state index in [-0.39, 0.29) is 6.04 Å². The molecule has 0 spiro atoms. The third kappa shape index (κ3) is 5.96. The van der Waals surface area contributed by atoms with Crippen LogP contribution in [0, 0.1) is 11.8 Å². The normalized spacial score (nSPS) is 11.2. The first kappa shape index (κ1) is 20.1. The summed E-state index contributed by atoms with van der Waals surface area (Å²) in [6.45, 7) is 2.11. The summed E-state index contributed by atoms with van der Waals surface area (Å²) in [5, 5.41) is 13.2. The van der Waals surface area contributed by atoms with Gasteiger partial charge in [0.05, 0.1) is 5.02 Å². The van der Waals surface area contributed by atoms with E-state index in [1.807, 2.05) is 18.2 Å². The lowest BCUT2D eigenvalue weighted by atomic mass is 10.1. The Labute approximate surface area is 163 Å². The van der Waals surface area contributed by atoms with Crippen molar-refractivity contribution in [2.75, 3.05) is 5.32 Å². The second-order valence-corrected chi connectivity index (χ2v) is 6.58. The van der Waals surface area contributed by atoms with Gasteiger partial charge in [-0.15, -0.1) is 0 Å². The van der Waals surface area contributed by atoms with Gasteiger partial charge in [-0.25, -0.2) is 5.48 Å². The summed E-state index contributed by atoms with van der Waals surface area (Å²) in [5.74, 6) is 5.69. The van der Waals surface area contributed by atoms with E-state index in [1.54, 1.807) is 29.7 Å². The third-order valence-electron chi connectivity index (χ3n) is 3.88. The van der Waals surface area contributed by atoms with E-state index in [0.717, 1.165) is 30.5 Å². The van der Waals surface area contributed by atoms with Crippen molar-refractivity contribution in [3.05, 3.63) is 63.6 Å². The summed E-state index contributed by atoms with van der Waals surface area (Å²) in [6, 6.07) is 12.5. The molecule has 2 aromatic carbocycles. The van der Waals surface area contributed by atoms with Crippen LogP contribution in [0.5, 0.6) is 0 Å². The van der Waals surface area contributed by atoms with Crippen LogP contribution in [0.15, 0.2) is 42.5 Å². The number of amides is 1. The van der Waals surface area contributed by atoms with E-state index in [0.29, 0.717) is 15.6 Å². The molecule has 136 valence electrons. The van der Waals surface area contributed by atoms with E-state index in [2.05, 4.69) is 24.1 Å². The maximum atomic E-state index is 11.3. The van der Waals surface area contributed by atoms with Gasteiger partial charge in [0.1, 0.15) is 0 Å². The Bertz CT molecular complexity index is 811. The summed E-state index contributed by atoms with van der Waals surface area (Å²) >= 11 is 12.0. The number of anilines is 1. The molecule has 0 bridgehead atoms. The number of hydrogen-bond donors (Lipinski definition) is 3. The average molecular weight is 391 g/mol. The van der Waals surface area contributed by atoms with Crippen LogP contribution in [0.4, 0.5) is 5.69 Å². The molecule has 1 atom stereocenters. The molecule has 0 radical (unpaired) electrons. The van der Waals surface area contributed by atoms with E-state index in [4.69, 9.17) is 28.4 Å². The lowest BCUT2D eigenvalue weighted by molar-refractivity contribution is 0.0706. The molecule has 0 aliphatic carbocycles. The third-order valence-corrected chi connectivity index (χ3v) is 4.43. The minimum Gasteiger partial charge on any atom is -0.382 e. The van der Waals surface area contributed by atoms with Gasteiger partial charge < -0.3 is 5.32 Å². The second-order valence-electron chi connectivity index (χ2n) is 5.73. The summed E-state index contributed by atoms with van der Waals surface area (Å²) in [5.41, 5.74) is 3.71. The zero-order valence-corrected chi connectivity index (χ0v) is 15.9. The van der Waals surface area contributed by atoms with E-state index in [1.165, 1.54) is 0 Å². The molecule has 0 aromatic heterocycles. The van der Waals surface area contributed by atoms with Crippen LogP contribution >= 0.6 is 23.2 Å². The molecule has 0 saturated heterocycles. The SMILES string of the molecule is CCC(CCC#Cc1ccc(Cl)cc1Cl)Nc1ccc(C(=O)NO)cc1. The van der Waals surface area contributed by atoms with Gasteiger partial charge in [-0.2, -0.15) is 0 Å². The number of hydrogen-bond acceptors (Lipinski definition) is 3. The van der Waals surface area contributed by atoms with E-state index in [9.17, 15) is 4.79 Å². The fourth-order valence-corrected chi connectivity index (χ4v) is 2.85. The maximum absolute atomic E-state index is 11.3. The maximum Gasteiger partial charge on any atom is 0.274 e.